The zero-order valence-electron chi connectivity index (χ0n) is 17.6. The number of aliphatic hydroxyl groups is 1. The summed E-state index contributed by atoms with van der Waals surface area (Å²) in [6.07, 6.45) is 0. The van der Waals surface area contributed by atoms with Crippen molar-refractivity contribution in [2.24, 2.45) is 0 Å². The Hall–Kier alpha value is -1.09. The average molecular weight is 480 g/mol. The van der Waals surface area contributed by atoms with Crippen molar-refractivity contribution in [2.45, 2.75) is 19.4 Å². The first-order chi connectivity index (χ1) is 14.7. The molecule has 0 aromatic heterocycles. The zero-order valence-corrected chi connectivity index (χ0v) is 19.9. The van der Waals surface area contributed by atoms with E-state index in [0.29, 0.717) is 26.2 Å². The van der Waals surface area contributed by atoms with E-state index >= 15 is 0 Å². The van der Waals surface area contributed by atoms with Crippen molar-refractivity contribution in [3.05, 3.63) is 33.3 Å². The van der Waals surface area contributed by atoms with Gasteiger partial charge >= 0.3 is 0 Å². The van der Waals surface area contributed by atoms with E-state index in [4.69, 9.17) is 74.4 Å². The third-order valence-corrected chi connectivity index (χ3v) is 6.50. The molecule has 0 aliphatic heterocycles. The van der Waals surface area contributed by atoms with Crippen LogP contribution in [0.4, 0.5) is 0 Å². The number of benzene rings is 3. The minimum Gasteiger partial charge on any atom is -0.386 e. The summed E-state index contributed by atoms with van der Waals surface area (Å²) >= 11 is 9.63. The fourth-order valence-corrected chi connectivity index (χ4v) is 4.27. The molecule has 0 aliphatic rings. The van der Waals surface area contributed by atoms with Gasteiger partial charge in [0.2, 0.25) is 0 Å². The molecule has 0 unspecified atom stereocenters. The van der Waals surface area contributed by atoms with Gasteiger partial charge in [0.25, 0.3) is 0 Å². The second-order valence-corrected chi connectivity index (χ2v) is 9.23. The lowest BCUT2D eigenvalue weighted by Crippen LogP contribution is -2.56. The second kappa shape index (κ2) is 8.93. The summed E-state index contributed by atoms with van der Waals surface area (Å²) in [5.41, 5.74) is 1.66. The van der Waals surface area contributed by atoms with E-state index < -0.39 is 5.60 Å². The Morgan fingerprint density at radius 1 is 0.688 bits per heavy atom. The Morgan fingerprint density at radius 2 is 1.12 bits per heavy atom. The monoisotopic (exact) mass is 480 g/mol. The molecule has 11 heteroatoms. The molecule has 3 aromatic rings. The highest BCUT2D eigenvalue weighted by atomic mass is 79.9. The molecule has 1 N–H and O–H groups in total. The van der Waals surface area contributed by atoms with Gasteiger partial charge in [-0.2, -0.15) is 0 Å². The maximum absolute atomic E-state index is 10.8. The van der Waals surface area contributed by atoms with Crippen LogP contribution in [0.15, 0.2) is 22.7 Å². The molecule has 3 aromatic carbocycles. The Bertz CT molecular complexity index is 1240. The first kappa shape index (κ1) is 25.5. The van der Waals surface area contributed by atoms with Crippen LogP contribution >= 0.6 is 27.5 Å². The van der Waals surface area contributed by atoms with Crippen molar-refractivity contribution in [2.75, 3.05) is 0 Å². The quantitative estimate of drug-likeness (QED) is 0.397. The molecule has 0 saturated heterocycles. The van der Waals surface area contributed by atoms with Crippen LogP contribution in [0.5, 0.6) is 0 Å². The van der Waals surface area contributed by atoms with Crippen LogP contribution in [0.1, 0.15) is 19.4 Å². The molecule has 0 atom stereocenters. The molecular formula is C21H10B8BrClO. The summed E-state index contributed by atoms with van der Waals surface area (Å²) in [5, 5.41) is 11.2. The molecule has 0 spiro atoms. The maximum Gasteiger partial charge on any atom is 0.116 e. The van der Waals surface area contributed by atoms with Gasteiger partial charge in [-0.1, -0.05) is 60.9 Å². The summed E-state index contributed by atoms with van der Waals surface area (Å²) in [6, 6.07) is 5.01. The van der Waals surface area contributed by atoms with Gasteiger partial charge in [-0.3, -0.25) is 0 Å². The van der Waals surface area contributed by atoms with Crippen molar-refractivity contribution < 1.29 is 5.11 Å². The van der Waals surface area contributed by atoms with Crippen LogP contribution in [-0.4, -0.2) is 67.9 Å². The van der Waals surface area contributed by atoms with Gasteiger partial charge in [0.05, 0.1) is 5.60 Å². The van der Waals surface area contributed by atoms with E-state index in [1.165, 1.54) is 0 Å². The average Bonchev–Trinajstić information content (AvgIpc) is 2.72. The highest BCUT2D eigenvalue weighted by molar-refractivity contribution is 9.10. The van der Waals surface area contributed by atoms with Gasteiger partial charge in [-0.05, 0) is 53.8 Å². The smallest absolute Gasteiger partial charge is 0.116 e. The molecule has 32 heavy (non-hydrogen) atoms. The minimum atomic E-state index is -1.26. The molecule has 0 bridgehead atoms. The minimum absolute atomic E-state index is 0.0590. The molecule has 3 rings (SSSR count). The van der Waals surface area contributed by atoms with Crippen molar-refractivity contribution in [3.8, 4) is 22.3 Å². The molecule has 0 saturated carbocycles. The van der Waals surface area contributed by atoms with Crippen molar-refractivity contribution in [1.82, 2.24) is 0 Å². The largest absolute Gasteiger partial charge is 0.386 e. The van der Waals surface area contributed by atoms with E-state index in [-0.39, 0.29) is 54.8 Å². The molecular weight excluding hydrogens is 470 g/mol. The highest BCUT2D eigenvalue weighted by Gasteiger charge is 2.26. The molecule has 0 aliphatic carbocycles. The maximum atomic E-state index is 10.8. The Morgan fingerprint density at radius 3 is 1.62 bits per heavy atom. The van der Waals surface area contributed by atoms with Gasteiger partial charge in [0.15, 0.2) is 0 Å². The molecule has 16 radical (unpaired) electrons. The lowest BCUT2D eigenvalue weighted by Gasteiger charge is -2.29. The lowest BCUT2D eigenvalue weighted by atomic mass is 9.57. The number of rotatable bonds is 3. The van der Waals surface area contributed by atoms with Crippen molar-refractivity contribution in [3.63, 3.8) is 0 Å². The van der Waals surface area contributed by atoms with Crippen LogP contribution in [0.2, 0.25) is 5.02 Å². The third kappa shape index (κ3) is 4.12. The Labute approximate surface area is 213 Å². The predicted molar refractivity (Wildman–Crippen MR) is 148 cm³/mol. The standard InChI is InChI=1S/C21H10B8BrClO/c1-21(2,32)8-5-6(31)3-4-7(8)9-12(22)10(16(26)20(30)15(9)25)11-13(23)17(27)19(29)18(28)14(11)24/h3-5,32H,1-2H3. The first-order valence-corrected chi connectivity index (χ1v) is 10.6. The normalized spacial score (nSPS) is 11.7. The van der Waals surface area contributed by atoms with E-state index in [1.54, 1.807) is 32.0 Å². The topological polar surface area (TPSA) is 20.2 Å². The van der Waals surface area contributed by atoms with E-state index in [0.717, 1.165) is 0 Å². The highest BCUT2D eigenvalue weighted by Crippen LogP contribution is 2.33. The molecule has 0 fully saturated rings. The summed E-state index contributed by atoms with van der Waals surface area (Å²) in [7, 11) is 50.0. The van der Waals surface area contributed by atoms with Gasteiger partial charge in [0, 0.05) is 9.50 Å². The van der Waals surface area contributed by atoms with E-state index in [9.17, 15) is 5.11 Å². The van der Waals surface area contributed by atoms with Crippen LogP contribution in [-0.2, 0) is 5.60 Å². The molecule has 0 heterocycles. The van der Waals surface area contributed by atoms with E-state index in [1.807, 2.05) is 0 Å². The van der Waals surface area contributed by atoms with Gasteiger partial charge in [0.1, 0.15) is 62.8 Å². The molecule has 138 valence electrons. The van der Waals surface area contributed by atoms with Gasteiger partial charge in [-0.15, -0.1) is 16.4 Å². The van der Waals surface area contributed by atoms with Crippen LogP contribution in [0.3, 0.4) is 0 Å². The van der Waals surface area contributed by atoms with Gasteiger partial charge in [-0.25, -0.2) is 0 Å². The van der Waals surface area contributed by atoms with Crippen LogP contribution < -0.4 is 43.7 Å². The van der Waals surface area contributed by atoms with Crippen molar-refractivity contribution in [1.29, 1.82) is 0 Å². The predicted octanol–water partition coefficient (Wildman–Crippen LogP) is -2.99. The lowest BCUT2D eigenvalue weighted by molar-refractivity contribution is 0.0792. The summed E-state index contributed by atoms with van der Waals surface area (Å²) < 4.78 is 0.362. The number of hydrogen-bond acceptors (Lipinski definition) is 1. The number of halogens is 2. The van der Waals surface area contributed by atoms with E-state index in [2.05, 4.69) is 15.9 Å². The molecule has 1 nitrogen and oxygen atoms in total. The summed E-state index contributed by atoms with van der Waals surface area (Å²) in [5.74, 6) is 0. The molecule has 0 amide bonds. The van der Waals surface area contributed by atoms with Crippen molar-refractivity contribution >= 4 is 134 Å². The zero-order chi connectivity index (χ0) is 24.3. The van der Waals surface area contributed by atoms with Gasteiger partial charge < -0.3 is 5.11 Å². The Kier molecular flexibility index (Phi) is 7.12. The SMILES string of the molecule is [B]c1c([B])c([B])c(-c2c([B])c(Br)c([B])c(-c3ccc(Cl)cc3C(C)(C)O)c2[B])c([B])c1[B]. The first-order valence-electron chi connectivity index (χ1n) is 9.40. The third-order valence-electron chi connectivity index (χ3n) is 5.41. The summed E-state index contributed by atoms with van der Waals surface area (Å²) in [6.45, 7) is 3.25. The fraction of sp³-hybridized carbons (Fsp3) is 0.143. The second-order valence-electron chi connectivity index (χ2n) is 8.00. The fourth-order valence-electron chi connectivity index (χ4n) is 3.70. The van der Waals surface area contributed by atoms with Crippen LogP contribution in [0, 0.1) is 0 Å². The Balaban J connectivity index is 2.53. The van der Waals surface area contributed by atoms with Crippen LogP contribution in [0.25, 0.3) is 22.3 Å². The number of hydrogen-bond donors (Lipinski definition) is 1. The summed E-state index contributed by atoms with van der Waals surface area (Å²) in [4.78, 5) is 0.